The third kappa shape index (κ3) is 3.62. The molecule has 0 radical (unpaired) electrons. The summed E-state index contributed by atoms with van der Waals surface area (Å²) in [5.41, 5.74) is 2.76. The van der Waals surface area contributed by atoms with Crippen molar-refractivity contribution in [1.82, 2.24) is 24.8 Å². The number of nitrogens with one attached hydrogen (secondary N) is 2. The third-order valence-corrected chi connectivity index (χ3v) is 5.46. The maximum absolute atomic E-state index is 11.5. The van der Waals surface area contributed by atoms with Crippen LogP contribution in [-0.4, -0.2) is 62.4 Å². The van der Waals surface area contributed by atoms with Gasteiger partial charge in [-0.25, -0.2) is 9.50 Å². The van der Waals surface area contributed by atoms with E-state index in [1.165, 1.54) is 6.33 Å². The molecule has 150 valence electrons. The van der Waals surface area contributed by atoms with E-state index in [9.17, 15) is 9.90 Å². The molecule has 4 heterocycles. The number of nitrogens with zero attached hydrogens (tertiary/aromatic N) is 4. The van der Waals surface area contributed by atoms with Gasteiger partial charge < -0.3 is 20.5 Å². The molecule has 0 aliphatic carbocycles. The number of anilines is 2. The number of aromatic hydroxyl groups is 1. The Labute approximate surface area is 167 Å². The Morgan fingerprint density at radius 1 is 1.34 bits per heavy atom. The van der Waals surface area contributed by atoms with Crippen LogP contribution >= 0.6 is 0 Å². The van der Waals surface area contributed by atoms with Gasteiger partial charge in [0.1, 0.15) is 24.2 Å². The number of fused-ring (bicyclic) bond motifs is 2. The molecule has 29 heavy (non-hydrogen) atoms. The molecule has 2 aliphatic rings. The fourth-order valence-corrected chi connectivity index (χ4v) is 4.09. The zero-order valence-corrected chi connectivity index (χ0v) is 15.8. The first-order valence-electron chi connectivity index (χ1n) is 9.66. The van der Waals surface area contributed by atoms with Crippen LogP contribution in [-0.2, 0) is 16.1 Å². The fraction of sp³-hybridized carbons (Fsp3) is 0.350. The number of likely N-dealkylation sites (tertiary alicyclic amines) is 1. The summed E-state index contributed by atoms with van der Waals surface area (Å²) in [7, 11) is 0. The lowest BCUT2D eigenvalue weighted by atomic mass is 10.00. The molecular weight excluding hydrogens is 372 g/mol. The maximum Gasteiger partial charge on any atom is 0.246 e. The number of carbonyl (C=O) groups excluding carboxylic acids is 1. The molecule has 3 N–H and O–H groups in total. The van der Waals surface area contributed by atoms with Gasteiger partial charge in [0.2, 0.25) is 5.91 Å². The second-order valence-electron chi connectivity index (χ2n) is 7.47. The summed E-state index contributed by atoms with van der Waals surface area (Å²) in [6.07, 6.45) is 4.32. The topological polar surface area (TPSA) is 104 Å². The van der Waals surface area contributed by atoms with Gasteiger partial charge in [0, 0.05) is 37.6 Å². The number of phenolic OH excluding ortho intramolecular Hbond substituents is 1. The monoisotopic (exact) mass is 394 g/mol. The summed E-state index contributed by atoms with van der Waals surface area (Å²) in [5, 5.41) is 20.3. The quantitative estimate of drug-likeness (QED) is 0.612. The molecule has 0 unspecified atom stereocenters. The second-order valence-corrected chi connectivity index (χ2v) is 7.47. The standard InChI is InChI=1S/C20H22N6O3/c27-15-3-1-2-14(8-15)23-20-19-13(4-7-26(19)22-12-21-20)9-25-6-5-16-17(10-25)29-11-18(28)24-16/h1-4,7-8,12,16-17,27H,5-6,9-11H2,(H,24,28)(H,21,22,23)/t16-,17-/m1/s1. The molecule has 2 aliphatic heterocycles. The smallest absolute Gasteiger partial charge is 0.246 e. The molecule has 1 aromatic carbocycles. The lowest BCUT2D eigenvalue weighted by molar-refractivity contribution is -0.140. The summed E-state index contributed by atoms with van der Waals surface area (Å²) < 4.78 is 7.53. The Morgan fingerprint density at radius 3 is 3.17 bits per heavy atom. The first-order chi connectivity index (χ1) is 14.2. The minimum Gasteiger partial charge on any atom is -0.508 e. The number of hydrogen-bond donors (Lipinski definition) is 3. The van der Waals surface area contributed by atoms with E-state index in [4.69, 9.17) is 4.74 Å². The van der Waals surface area contributed by atoms with E-state index in [2.05, 4.69) is 25.6 Å². The van der Waals surface area contributed by atoms with Gasteiger partial charge in [-0.3, -0.25) is 9.69 Å². The van der Waals surface area contributed by atoms with Crippen molar-refractivity contribution in [3.8, 4) is 5.75 Å². The third-order valence-electron chi connectivity index (χ3n) is 5.46. The zero-order valence-electron chi connectivity index (χ0n) is 15.8. The molecule has 2 fully saturated rings. The van der Waals surface area contributed by atoms with Crippen LogP contribution in [0.2, 0.25) is 0 Å². The van der Waals surface area contributed by atoms with Gasteiger partial charge in [-0.05, 0) is 30.2 Å². The molecule has 0 spiro atoms. The van der Waals surface area contributed by atoms with E-state index >= 15 is 0 Å². The van der Waals surface area contributed by atoms with E-state index in [1.54, 1.807) is 22.7 Å². The first kappa shape index (κ1) is 17.9. The van der Waals surface area contributed by atoms with Crippen molar-refractivity contribution >= 4 is 22.9 Å². The average molecular weight is 394 g/mol. The highest BCUT2D eigenvalue weighted by atomic mass is 16.5. The Kier molecular flexibility index (Phi) is 4.53. The summed E-state index contributed by atoms with van der Waals surface area (Å²) in [4.78, 5) is 18.3. The minimum atomic E-state index is -0.0297. The summed E-state index contributed by atoms with van der Waals surface area (Å²) in [6.45, 7) is 2.52. The van der Waals surface area contributed by atoms with Gasteiger partial charge in [0.15, 0.2) is 5.82 Å². The highest BCUT2D eigenvalue weighted by Gasteiger charge is 2.34. The predicted molar refractivity (Wildman–Crippen MR) is 106 cm³/mol. The van der Waals surface area contributed by atoms with Crippen molar-refractivity contribution in [3.63, 3.8) is 0 Å². The number of aromatic nitrogens is 3. The minimum absolute atomic E-state index is 0.0245. The molecular formula is C20H22N6O3. The van der Waals surface area contributed by atoms with Crippen molar-refractivity contribution in [2.75, 3.05) is 25.0 Å². The van der Waals surface area contributed by atoms with Crippen LogP contribution in [0.3, 0.4) is 0 Å². The number of phenols is 1. The molecule has 0 saturated carbocycles. The van der Waals surface area contributed by atoms with Gasteiger partial charge >= 0.3 is 0 Å². The summed E-state index contributed by atoms with van der Waals surface area (Å²) in [5.74, 6) is 0.845. The largest absolute Gasteiger partial charge is 0.508 e. The molecule has 0 bridgehead atoms. The Bertz CT molecular complexity index is 1050. The van der Waals surface area contributed by atoms with Gasteiger partial charge in [-0.1, -0.05) is 6.07 Å². The molecule has 2 atom stereocenters. The highest BCUT2D eigenvalue weighted by Crippen LogP contribution is 2.27. The predicted octanol–water partition coefficient (Wildman–Crippen LogP) is 1.27. The number of morpholine rings is 1. The number of amides is 1. The number of ether oxygens (including phenoxy) is 1. The zero-order chi connectivity index (χ0) is 19.8. The second kappa shape index (κ2) is 7.34. The van der Waals surface area contributed by atoms with Crippen LogP contribution in [0.5, 0.6) is 5.75 Å². The molecule has 2 saturated heterocycles. The van der Waals surface area contributed by atoms with E-state index < -0.39 is 0 Å². The van der Waals surface area contributed by atoms with Crippen molar-refractivity contribution in [1.29, 1.82) is 0 Å². The highest BCUT2D eigenvalue weighted by molar-refractivity contribution is 5.78. The first-order valence-corrected chi connectivity index (χ1v) is 9.66. The van der Waals surface area contributed by atoms with E-state index in [1.807, 2.05) is 18.3 Å². The van der Waals surface area contributed by atoms with E-state index in [0.717, 1.165) is 42.8 Å². The van der Waals surface area contributed by atoms with Crippen LogP contribution in [0.15, 0.2) is 42.9 Å². The van der Waals surface area contributed by atoms with Crippen molar-refractivity contribution in [3.05, 3.63) is 48.4 Å². The van der Waals surface area contributed by atoms with Crippen molar-refractivity contribution in [2.45, 2.75) is 25.1 Å². The van der Waals surface area contributed by atoms with E-state index in [-0.39, 0.29) is 30.4 Å². The Hall–Kier alpha value is -3.17. The van der Waals surface area contributed by atoms with Gasteiger partial charge in [0.25, 0.3) is 0 Å². The van der Waals surface area contributed by atoms with Crippen molar-refractivity contribution in [2.24, 2.45) is 0 Å². The number of benzene rings is 1. The molecule has 3 aromatic rings. The lowest BCUT2D eigenvalue weighted by Gasteiger charge is -2.41. The van der Waals surface area contributed by atoms with Crippen molar-refractivity contribution < 1.29 is 14.6 Å². The molecule has 2 aromatic heterocycles. The Balaban J connectivity index is 1.37. The molecule has 1 amide bonds. The Morgan fingerprint density at radius 2 is 2.28 bits per heavy atom. The number of rotatable bonds is 4. The SMILES string of the molecule is O=C1CO[C@@H]2CN(Cc3ccn4ncnc(Nc5cccc(O)c5)c34)CC[C@H]2N1. The molecule has 9 nitrogen and oxygen atoms in total. The van der Waals surface area contributed by atoms with Gasteiger partial charge in [-0.2, -0.15) is 5.10 Å². The van der Waals surface area contributed by atoms with Crippen LogP contribution in [0.1, 0.15) is 12.0 Å². The number of hydrogen-bond acceptors (Lipinski definition) is 7. The summed E-state index contributed by atoms with van der Waals surface area (Å²) in [6, 6.07) is 9.09. The van der Waals surface area contributed by atoms with Gasteiger partial charge in [-0.15, -0.1) is 0 Å². The molecule has 9 heteroatoms. The van der Waals surface area contributed by atoms with Crippen LogP contribution < -0.4 is 10.6 Å². The number of piperidine rings is 1. The number of carbonyl (C=O) groups is 1. The lowest BCUT2D eigenvalue weighted by Crippen LogP contribution is -2.59. The van der Waals surface area contributed by atoms with Crippen LogP contribution in [0.4, 0.5) is 11.5 Å². The van der Waals surface area contributed by atoms with Crippen LogP contribution in [0.25, 0.3) is 5.52 Å². The van der Waals surface area contributed by atoms with Gasteiger partial charge in [0.05, 0.1) is 12.1 Å². The molecule has 5 rings (SSSR count). The van der Waals surface area contributed by atoms with E-state index in [0.29, 0.717) is 5.82 Å². The summed E-state index contributed by atoms with van der Waals surface area (Å²) >= 11 is 0. The fourth-order valence-electron chi connectivity index (χ4n) is 4.09. The normalized spacial score (nSPS) is 22.3. The van der Waals surface area contributed by atoms with Crippen LogP contribution in [0, 0.1) is 0 Å². The average Bonchev–Trinajstić information content (AvgIpc) is 3.12. The maximum atomic E-state index is 11.5.